The van der Waals surface area contributed by atoms with Gasteiger partial charge in [0.05, 0.1) is 6.54 Å². The topological polar surface area (TPSA) is 83.4 Å². The number of anilines is 1. The van der Waals surface area contributed by atoms with Crippen LogP contribution in [0.2, 0.25) is 0 Å². The first kappa shape index (κ1) is 17.7. The number of benzene rings is 1. The molecule has 2 aromatic rings. The van der Waals surface area contributed by atoms with Crippen LogP contribution in [0.15, 0.2) is 53.5 Å². The SMILES string of the molecule is C[C@H](NC(=O)Nc1cccc(Cn2ccccc2=O)c1)[C@@H](C)CO. The van der Waals surface area contributed by atoms with Gasteiger partial charge < -0.3 is 20.3 Å². The lowest BCUT2D eigenvalue weighted by molar-refractivity contribution is 0.204. The molecule has 1 aromatic heterocycles. The molecular weight excluding hydrogens is 306 g/mol. The molecule has 0 aliphatic rings. The molecule has 0 aliphatic heterocycles. The monoisotopic (exact) mass is 329 g/mol. The maximum atomic E-state index is 12.0. The lowest BCUT2D eigenvalue weighted by Crippen LogP contribution is -2.40. The van der Waals surface area contributed by atoms with E-state index in [0.29, 0.717) is 12.2 Å². The zero-order chi connectivity index (χ0) is 17.5. The van der Waals surface area contributed by atoms with E-state index < -0.39 is 0 Å². The summed E-state index contributed by atoms with van der Waals surface area (Å²) in [6.07, 6.45) is 1.73. The summed E-state index contributed by atoms with van der Waals surface area (Å²) in [6.45, 7) is 4.17. The van der Waals surface area contributed by atoms with Crippen molar-refractivity contribution in [1.29, 1.82) is 0 Å². The van der Waals surface area contributed by atoms with Gasteiger partial charge in [0.2, 0.25) is 0 Å². The van der Waals surface area contributed by atoms with Crippen LogP contribution in [0.1, 0.15) is 19.4 Å². The maximum Gasteiger partial charge on any atom is 0.319 e. The predicted molar refractivity (Wildman–Crippen MR) is 94.1 cm³/mol. The Hall–Kier alpha value is -2.60. The van der Waals surface area contributed by atoms with Crippen LogP contribution in [0.25, 0.3) is 0 Å². The molecule has 6 heteroatoms. The van der Waals surface area contributed by atoms with E-state index >= 15 is 0 Å². The highest BCUT2D eigenvalue weighted by molar-refractivity contribution is 5.89. The minimum atomic E-state index is -0.322. The van der Waals surface area contributed by atoms with Gasteiger partial charge in [0.15, 0.2) is 0 Å². The number of hydrogen-bond donors (Lipinski definition) is 3. The van der Waals surface area contributed by atoms with Gasteiger partial charge in [0.25, 0.3) is 5.56 Å². The molecule has 128 valence electrons. The van der Waals surface area contributed by atoms with Crippen LogP contribution in [0.3, 0.4) is 0 Å². The standard InChI is InChI=1S/C18H23N3O3/c1-13(12-22)14(2)19-18(24)20-16-7-5-6-15(10-16)11-21-9-4-3-8-17(21)23/h3-10,13-14,22H,11-12H2,1-2H3,(H2,19,20,24)/t13-,14-/m0/s1. The molecule has 0 saturated carbocycles. The van der Waals surface area contributed by atoms with Crippen molar-refractivity contribution in [3.05, 3.63) is 64.6 Å². The van der Waals surface area contributed by atoms with Gasteiger partial charge in [-0.25, -0.2) is 4.79 Å². The minimum absolute atomic E-state index is 0.0166. The first-order valence-electron chi connectivity index (χ1n) is 7.92. The summed E-state index contributed by atoms with van der Waals surface area (Å²) in [5.74, 6) is -0.0213. The van der Waals surface area contributed by atoms with Gasteiger partial charge in [0.1, 0.15) is 0 Å². The number of amides is 2. The molecule has 6 nitrogen and oxygen atoms in total. The quantitative estimate of drug-likeness (QED) is 0.758. The average Bonchev–Trinajstić information content (AvgIpc) is 2.56. The second-order valence-corrected chi connectivity index (χ2v) is 5.91. The van der Waals surface area contributed by atoms with Crippen molar-refractivity contribution >= 4 is 11.7 Å². The molecule has 0 unspecified atom stereocenters. The molecule has 3 N–H and O–H groups in total. The zero-order valence-corrected chi connectivity index (χ0v) is 13.9. The number of pyridine rings is 1. The number of aliphatic hydroxyl groups excluding tert-OH is 1. The highest BCUT2D eigenvalue weighted by atomic mass is 16.3. The number of aliphatic hydroxyl groups is 1. The second-order valence-electron chi connectivity index (χ2n) is 5.91. The Bertz CT molecular complexity index is 742. The summed E-state index contributed by atoms with van der Waals surface area (Å²) >= 11 is 0. The van der Waals surface area contributed by atoms with E-state index in [2.05, 4.69) is 10.6 Å². The fourth-order valence-electron chi connectivity index (χ4n) is 2.21. The van der Waals surface area contributed by atoms with E-state index in [-0.39, 0.29) is 30.2 Å². The number of urea groups is 1. The van der Waals surface area contributed by atoms with E-state index in [4.69, 9.17) is 5.11 Å². The Morgan fingerprint density at radius 2 is 2.00 bits per heavy atom. The van der Waals surface area contributed by atoms with Crippen molar-refractivity contribution in [2.45, 2.75) is 26.4 Å². The lowest BCUT2D eigenvalue weighted by atomic mass is 10.1. The van der Waals surface area contributed by atoms with Crippen molar-refractivity contribution in [3.63, 3.8) is 0 Å². The Balaban J connectivity index is 2.01. The molecular formula is C18H23N3O3. The van der Waals surface area contributed by atoms with Gasteiger partial charge in [-0.15, -0.1) is 0 Å². The van der Waals surface area contributed by atoms with Crippen LogP contribution in [0.5, 0.6) is 0 Å². The molecule has 2 rings (SSSR count). The van der Waals surface area contributed by atoms with Gasteiger partial charge >= 0.3 is 6.03 Å². The molecule has 1 heterocycles. The third kappa shape index (κ3) is 4.96. The summed E-state index contributed by atoms with van der Waals surface area (Å²) in [7, 11) is 0. The van der Waals surface area contributed by atoms with Crippen LogP contribution in [0.4, 0.5) is 10.5 Å². The van der Waals surface area contributed by atoms with E-state index in [0.717, 1.165) is 5.56 Å². The highest BCUT2D eigenvalue weighted by Crippen LogP contribution is 2.12. The summed E-state index contributed by atoms with van der Waals surface area (Å²) in [5.41, 5.74) is 1.50. The maximum absolute atomic E-state index is 12.0. The van der Waals surface area contributed by atoms with E-state index in [1.807, 2.05) is 32.0 Å². The molecule has 0 spiro atoms. The summed E-state index contributed by atoms with van der Waals surface area (Å²) in [6, 6.07) is 11.9. The molecule has 0 fully saturated rings. The normalized spacial score (nSPS) is 13.1. The van der Waals surface area contributed by atoms with Gasteiger partial charge in [-0.2, -0.15) is 0 Å². The molecule has 0 radical (unpaired) electrons. The Morgan fingerprint density at radius 3 is 2.71 bits per heavy atom. The molecule has 2 amide bonds. The van der Waals surface area contributed by atoms with Crippen LogP contribution >= 0.6 is 0 Å². The van der Waals surface area contributed by atoms with E-state index in [1.165, 1.54) is 6.07 Å². The lowest BCUT2D eigenvalue weighted by Gasteiger charge is -2.19. The summed E-state index contributed by atoms with van der Waals surface area (Å²) in [4.78, 5) is 23.8. The summed E-state index contributed by atoms with van der Waals surface area (Å²) in [5, 5.41) is 14.7. The predicted octanol–water partition coefficient (Wildman–Crippen LogP) is 2.03. The van der Waals surface area contributed by atoms with Gasteiger partial charge in [-0.3, -0.25) is 4.79 Å². The van der Waals surface area contributed by atoms with Crippen molar-refractivity contribution in [2.75, 3.05) is 11.9 Å². The smallest absolute Gasteiger partial charge is 0.319 e. The Kier molecular flexibility index (Phi) is 6.14. The number of aromatic nitrogens is 1. The van der Waals surface area contributed by atoms with Crippen molar-refractivity contribution < 1.29 is 9.90 Å². The van der Waals surface area contributed by atoms with Gasteiger partial charge in [-0.1, -0.05) is 25.1 Å². The fourth-order valence-corrected chi connectivity index (χ4v) is 2.21. The number of hydrogen-bond acceptors (Lipinski definition) is 3. The first-order chi connectivity index (χ1) is 11.5. The van der Waals surface area contributed by atoms with Crippen molar-refractivity contribution in [3.8, 4) is 0 Å². The third-order valence-electron chi connectivity index (χ3n) is 3.94. The molecule has 24 heavy (non-hydrogen) atoms. The van der Waals surface area contributed by atoms with Crippen LogP contribution < -0.4 is 16.2 Å². The zero-order valence-electron chi connectivity index (χ0n) is 13.9. The number of carbonyl (C=O) groups is 1. The second kappa shape index (κ2) is 8.31. The first-order valence-corrected chi connectivity index (χ1v) is 7.92. The molecule has 0 aliphatic carbocycles. The number of nitrogens with zero attached hydrogens (tertiary/aromatic N) is 1. The number of nitrogens with one attached hydrogen (secondary N) is 2. The number of carbonyl (C=O) groups excluding carboxylic acids is 1. The van der Waals surface area contributed by atoms with Crippen LogP contribution in [0, 0.1) is 5.92 Å². The molecule has 0 saturated heterocycles. The van der Waals surface area contributed by atoms with E-state index in [9.17, 15) is 9.59 Å². The Labute approximate surface area is 141 Å². The molecule has 0 bridgehead atoms. The highest BCUT2D eigenvalue weighted by Gasteiger charge is 2.13. The number of rotatable bonds is 6. The molecule has 2 atom stereocenters. The van der Waals surface area contributed by atoms with Gasteiger partial charge in [0, 0.05) is 30.6 Å². The third-order valence-corrected chi connectivity index (χ3v) is 3.94. The summed E-state index contributed by atoms with van der Waals surface area (Å²) < 4.78 is 1.60. The fraction of sp³-hybridized carbons (Fsp3) is 0.333. The van der Waals surface area contributed by atoms with Crippen molar-refractivity contribution in [2.24, 2.45) is 5.92 Å². The van der Waals surface area contributed by atoms with Crippen molar-refractivity contribution in [1.82, 2.24) is 9.88 Å². The average molecular weight is 329 g/mol. The largest absolute Gasteiger partial charge is 0.396 e. The Morgan fingerprint density at radius 1 is 1.21 bits per heavy atom. The molecule has 1 aromatic carbocycles. The van der Waals surface area contributed by atoms with Crippen LogP contribution in [-0.2, 0) is 6.54 Å². The minimum Gasteiger partial charge on any atom is -0.396 e. The van der Waals surface area contributed by atoms with Gasteiger partial charge in [-0.05, 0) is 36.6 Å². The van der Waals surface area contributed by atoms with Crippen LogP contribution in [-0.4, -0.2) is 28.4 Å². The van der Waals surface area contributed by atoms with E-state index in [1.54, 1.807) is 29.0 Å².